The Hall–Kier alpha value is -1.55. The van der Waals surface area contributed by atoms with Crippen molar-refractivity contribution in [3.05, 3.63) is 29.8 Å². The Labute approximate surface area is 96.0 Å². The second-order valence-electron chi connectivity index (χ2n) is 4.14. The van der Waals surface area contributed by atoms with Crippen LogP contribution in [0.1, 0.15) is 24.2 Å². The number of benzene rings is 1. The van der Waals surface area contributed by atoms with Gasteiger partial charge >= 0.3 is 0 Å². The first-order chi connectivity index (χ1) is 7.56. The van der Waals surface area contributed by atoms with E-state index >= 15 is 0 Å². The van der Waals surface area contributed by atoms with Gasteiger partial charge in [0.2, 0.25) is 0 Å². The predicted molar refractivity (Wildman–Crippen MR) is 66.3 cm³/mol. The summed E-state index contributed by atoms with van der Waals surface area (Å²) >= 11 is 0. The molecule has 0 spiro atoms. The molecule has 16 heavy (non-hydrogen) atoms. The molecule has 0 aliphatic rings. The lowest BCUT2D eigenvalue weighted by Crippen LogP contribution is -2.34. The maximum absolute atomic E-state index is 11.2. The average molecular weight is 221 g/mol. The zero-order valence-electron chi connectivity index (χ0n) is 9.73. The molecular weight excluding hydrogens is 202 g/mol. The number of rotatable bonds is 5. The Bertz CT molecular complexity index is 363. The van der Waals surface area contributed by atoms with Crippen molar-refractivity contribution in [3.8, 4) is 0 Å². The molecule has 0 radical (unpaired) electrons. The molecule has 0 aliphatic heterocycles. The van der Waals surface area contributed by atoms with Gasteiger partial charge in [0.25, 0.3) is 5.91 Å². The van der Waals surface area contributed by atoms with Crippen molar-refractivity contribution in [1.82, 2.24) is 0 Å². The van der Waals surface area contributed by atoms with Crippen LogP contribution in [0.25, 0.3) is 0 Å². The summed E-state index contributed by atoms with van der Waals surface area (Å²) in [6.07, 6.45) is 0. The molecule has 0 aliphatic carbocycles. The van der Waals surface area contributed by atoms with Gasteiger partial charge in [-0.2, -0.15) is 0 Å². The minimum Gasteiger partial charge on any atom is -0.380 e. The quantitative estimate of drug-likeness (QED) is 0.698. The first kappa shape index (κ1) is 12.5. The van der Waals surface area contributed by atoms with Crippen LogP contribution in [0.15, 0.2) is 24.3 Å². The van der Waals surface area contributed by atoms with Crippen LogP contribution in [-0.2, 0) is 0 Å². The van der Waals surface area contributed by atoms with Crippen molar-refractivity contribution in [2.24, 2.45) is 17.4 Å². The average Bonchev–Trinajstić information content (AvgIpc) is 2.25. The summed E-state index contributed by atoms with van der Waals surface area (Å²) in [5.41, 5.74) is 12.2. The third-order valence-electron chi connectivity index (χ3n) is 2.59. The predicted octanol–water partition coefficient (Wildman–Crippen LogP) is 1.18. The molecule has 1 amide bonds. The van der Waals surface area contributed by atoms with E-state index in [1.54, 1.807) is 12.1 Å². The summed E-state index contributed by atoms with van der Waals surface area (Å²) in [5.74, 6) is -0.0337. The summed E-state index contributed by atoms with van der Waals surface area (Å²) in [6.45, 7) is 4.68. The molecule has 0 saturated carbocycles. The fourth-order valence-corrected chi connectivity index (χ4v) is 1.52. The molecule has 88 valence electrons. The maximum Gasteiger partial charge on any atom is 0.250 e. The molecule has 5 N–H and O–H groups in total. The molecule has 0 bridgehead atoms. The normalized spacial score (nSPS) is 12.5. The van der Waals surface area contributed by atoms with E-state index in [-0.39, 0.29) is 6.04 Å². The minimum atomic E-state index is -0.428. The van der Waals surface area contributed by atoms with Crippen molar-refractivity contribution < 1.29 is 4.79 Å². The molecule has 4 nitrogen and oxygen atoms in total. The van der Waals surface area contributed by atoms with Crippen molar-refractivity contribution in [2.75, 3.05) is 11.9 Å². The van der Waals surface area contributed by atoms with Crippen LogP contribution in [0.2, 0.25) is 0 Å². The highest BCUT2D eigenvalue weighted by atomic mass is 16.1. The number of hydrogen-bond donors (Lipinski definition) is 3. The minimum absolute atomic E-state index is 0.139. The second kappa shape index (κ2) is 5.51. The van der Waals surface area contributed by atoms with Gasteiger partial charge in [0.1, 0.15) is 0 Å². The van der Waals surface area contributed by atoms with Gasteiger partial charge in [-0.1, -0.05) is 26.0 Å². The Balaban J connectivity index is 2.91. The lowest BCUT2D eigenvalue weighted by Gasteiger charge is -2.22. The van der Waals surface area contributed by atoms with Crippen LogP contribution in [0.3, 0.4) is 0 Å². The molecule has 0 aromatic heterocycles. The van der Waals surface area contributed by atoms with E-state index < -0.39 is 5.91 Å². The number of amides is 1. The standard InChI is InChI=1S/C12H19N3O/c1-8(2)11(7-13)15-10-6-4-3-5-9(10)12(14)16/h3-6,8,11,15H,7,13H2,1-2H3,(H2,14,16). The van der Waals surface area contributed by atoms with Crippen LogP contribution in [0.5, 0.6) is 0 Å². The van der Waals surface area contributed by atoms with Gasteiger partial charge in [-0.3, -0.25) is 4.79 Å². The molecule has 1 aromatic carbocycles. The monoisotopic (exact) mass is 221 g/mol. The van der Waals surface area contributed by atoms with Crippen LogP contribution in [0, 0.1) is 5.92 Å². The Kier molecular flexibility index (Phi) is 4.31. The van der Waals surface area contributed by atoms with Gasteiger partial charge in [0.15, 0.2) is 0 Å². The Morgan fingerprint density at radius 3 is 2.50 bits per heavy atom. The summed E-state index contributed by atoms with van der Waals surface area (Å²) < 4.78 is 0. The molecule has 1 atom stereocenters. The molecule has 4 heteroatoms. The number of carbonyl (C=O) groups excluding carboxylic acids is 1. The Morgan fingerprint density at radius 2 is 2.00 bits per heavy atom. The fraction of sp³-hybridized carbons (Fsp3) is 0.417. The lowest BCUT2D eigenvalue weighted by molar-refractivity contribution is 0.100. The molecule has 0 fully saturated rings. The van der Waals surface area contributed by atoms with Gasteiger partial charge in [0, 0.05) is 18.3 Å². The van der Waals surface area contributed by atoms with Gasteiger partial charge in [-0.15, -0.1) is 0 Å². The van der Waals surface area contributed by atoms with Crippen molar-refractivity contribution in [3.63, 3.8) is 0 Å². The molecule has 1 aromatic rings. The molecule has 0 heterocycles. The van der Waals surface area contributed by atoms with E-state index in [0.717, 1.165) is 5.69 Å². The number of nitrogens with two attached hydrogens (primary N) is 2. The first-order valence-corrected chi connectivity index (χ1v) is 5.41. The molecule has 1 rings (SSSR count). The highest BCUT2D eigenvalue weighted by molar-refractivity contribution is 5.98. The van der Waals surface area contributed by atoms with Crippen LogP contribution in [0.4, 0.5) is 5.69 Å². The van der Waals surface area contributed by atoms with Crippen molar-refractivity contribution >= 4 is 11.6 Å². The number of anilines is 1. The number of nitrogens with one attached hydrogen (secondary N) is 1. The number of carbonyl (C=O) groups is 1. The molecule has 1 unspecified atom stereocenters. The van der Waals surface area contributed by atoms with E-state index in [1.807, 2.05) is 12.1 Å². The summed E-state index contributed by atoms with van der Waals surface area (Å²) in [4.78, 5) is 11.2. The van der Waals surface area contributed by atoms with Crippen molar-refractivity contribution in [2.45, 2.75) is 19.9 Å². The third-order valence-corrected chi connectivity index (χ3v) is 2.59. The number of para-hydroxylation sites is 1. The molecular formula is C12H19N3O. The lowest BCUT2D eigenvalue weighted by atomic mass is 10.0. The highest BCUT2D eigenvalue weighted by Gasteiger charge is 2.14. The van der Waals surface area contributed by atoms with Gasteiger partial charge in [-0.25, -0.2) is 0 Å². The van der Waals surface area contributed by atoms with Gasteiger partial charge in [0.05, 0.1) is 5.56 Å². The zero-order valence-corrected chi connectivity index (χ0v) is 9.73. The first-order valence-electron chi connectivity index (χ1n) is 5.41. The number of hydrogen-bond acceptors (Lipinski definition) is 3. The van der Waals surface area contributed by atoms with E-state index in [2.05, 4.69) is 19.2 Å². The smallest absolute Gasteiger partial charge is 0.250 e. The topological polar surface area (TPSA) is 81.1 Å². The largest absolute Gasteiger partial charge is 0.380 e. The summed E-state index contributed by atoms with van der Waals surface area (Å²) in [6, 6.07) is 7.34. The van der Waals surface area contributed by atoms with Gasteiger partial charge in [-0.05, 0) is 18.1 Å². The van der Waals surface area contributed by atoms with E-state index in [9.17, 15) is 4.79 Å². The summed E-state index contributed by atoms with van der Waals surface area (Å²) in [5, 5.41) is 3.25. The van der Waals surface area contributed by atoms with E-state index in [0.29, 0.717) is 18.0 Å². The summed E-state index contributed by atoms with van der Waals surface area (Å²) in [7, 11) is 0. The maximum atomic E-state index is 11.2. The Morgan fingerprint density at radius 1 is 1.38 bits per heavy atom. The second-order valence-corrected chi connectivity index (χ2v) is 4.14. The highest BCUT2D eigenvalue weighted by Crippen LogP contribution is 2.17. The van der Waals surface area contributed by atoms with Crippen LogP contribution in [-0.4, -0.2) is 18.5 Å². The van der Waals surface area contributed by atoms with Gasteiger partial charge < -0.3 is 16.8 Å². The van der Waals surface area contributed by atoms with Crippen LogP contribution >= 0.6 is 0 Å². The van der Waals surface area contributed by atoms with Crippen LogP contribution < -0.4 is 16.8 Å². The zero-order chi connectivity index (χ0) is 12.1. The fourth-order valence-electron chi connectivity index (χ4n) is 1.52. The van der Waals surface area contributed by atoms with E-state index in [4.69, 9.17) is 11.5 Å². The van der Waals surface area contributed by atoms with Crippen molar-refractivity contribution in [1.29, 1.82) is 0 Å². The molecule has 0 saturated heterocycles. The third kappa shape index (κ3) is 2.97. The van der Waals surface area contributed by atoms with E-state index in [1.165, 1.54) is 0 Å². The SMILES string of the molecule is CC(C)C(CN)Nc1ccccc1C(N)=O. The number of primary amides is 1.